The van der Waals surface area contributed by atoms with E-state index in [-0.39, 0.29) is 41.2 Å². The second-order valence-corrected chi connectivity index (χ2v) is 3.21. The van der Waals surface area contributed by atoms with Crippen LogP contribution in [0.2, 0.25) is 0 Å². The molecule has 1 rings (SSSR count). The van der Waals surface area contributed by atoms with Crippen molar-refractivity contribution >= 4 is 11.5 Å². The molecule has 0 aliphatic carbocycles. The second kappa shape index (κ2) is 6.23. The van der Waals surface area contributed by atoms with Gasteiger partial charge < -0.3 is 5.11 Å². The number of carbonyl (C=O) groups excluding carboxylic acids is 1. The Balaban J connectivity index is 0.00000256. The molecule has 1 N–H and O–H groups in total. The van der Waals surface area contributed by atoms with Crippen molar-refractivity contribution in [2.75, 3.05) is 0 Å². The van der Waals surface area contributed by atoms with Crippen LogP contribution in [0.4, 0.5) is 13.2 Å². The van der Waals surface area contributed by atoms with Gasteiger partial charge in [0.1, 0.15) is 5.76 Å². The minimum Gasteiger partial charge on any atom is -0.507 e. The van der Waals surface area contributed by atoms with Crippen LogP contribution in [-0.2, 0) is 4.79 Å². The van der Waals surface area contributed by atoms with Crippen molar-refractivity contribution in [1.82, 2.24) is 0 Å². The number of rotatable bonds is 2. The topological polar surface area (TPSA) is 37.3 Å². The van der Waals surface area contributed by atoms with Crippen LogP contribution < -0.4 is 29.6 Å². The Morgan fingerprint density at radius 2 is 1.82 bits per heavy atom. The van der Waals surface area contributed by atoms with Gasteiger partial charge in [0, 0.05) is 11.6 Å². The van der Waals surface area contributed by atoms with Crippen molar-refractivity contribution in [2.45, 2.75) is 13.1 Å². The predicted molar refractivity (Wildman–Crippen MR) is 52.8 cm³/mol. The number of hydrogen-bond acceptors (Lipinski definition) is 2. The summed E-state index contributed by atoms with van der Waals surface area (Å²) in [4.78, 5) is 10.6. The van der Waals surface area contributed by atoms with Gasteiger partial charge in [0.15, 0.2) is 0 Å². The Morgan fingerprint density at radius 3 is 2.29 bits per heavy atom. The largest absolute Gasteiger partial charge is 1.00 e. The Kier molecular flexibility index (Phi) is 5.95. The van der Waals surface area contributed by atoms with Gasteiger partial charge in [-0.05, 0) is 12.5 Å². The summed E-state index contributed by atoms with van der Waals surface area (Å²) in [5.74, 6) is -2.76. The molecule has 0 amide bonds. The molecule has 1 aromatic carbocycles. The van der Waals surface area contributed by atoms with Crippen LogP contribution in [0.15, 0.2) is 30.3 Å². The first-order valence-corrected chi connectivity index (χ1v) is 4.40. The van der Waals surface area contributed by atoms with E-state index in [4.69, 9.17) is 0 Å². The van der Waals surface area contributed by atoms with E-state index in [9.17, 15) is 23.1 Å². The maximum Gasteiger partial charge on any atom is 1.00 e. The maximum atomic E-state index is 11.9. The number of hydrogen-bond donors (Lipinski definition) is 1. The summed E-state index contributed by atoms with van der Waals surface area (Å²) in [6, 6.07) is 6.30. The maximum absolute atomic E-state index is 11.9. The number of alkyl halides is 3. The molecule has 0 aliphatic rings. The van der Waals surface area contributed by atoms with E-state index in [1.165, 1.54) is 6.07 Å². The number of aliphatic hydroxyl groups excluding tert-OH is 1. The van der Waals surface area contributed by atoms with Crippen molar-refractivity contribution in [1.29, 1.82) is 0 Å². The fraction of sp³-hybridized carbons (Fsp3) is 0.182. The molecule has 86 valence electrons. The second-order valence-electron chi connectivity index (χ2n) is 3.21. The molecular formula is C11H9F3NaO2+. The van der Waals surface area contributed by atoms with Gasteiger partial charge in [-0.3, -0.25) is 4.79 Å². The van der Waals surface area contributed by atoms with Crippen molar-refractivity contribution in [3.63, 3.8) is 0 Å². The molecule has 0 saturated heterocycles. The monoisotopic (exact) mass is 253 g/mol. The number of carbonyl (C=O) groups is 1. The quantitative estimate of drug-likeness (QED) is 0.458. The molecule has 0 aliphatic heterocycles. The number of benzene rings is 1. The normalized spacial score (nSPS) is 11.9. The van der Waals surface area contributed by atoms with Crippen molar-refractivity contribution in [3.8, 4) is 0 Å². The summed E-state index contributed by atoms with van der Waals surface area (Å²) < 4.78 is 35.8. The number of aliphatic hydroxyl groups is 1. The molecule has 0 aromatic heterocycles. The zero-order chi connectivity index (χ0) is 12.3. The summed E-state index contributed by atoms with van der Waals surface area (Å²) in [5, 5.41) is 9.38. The molecule has 0 fully saturated rings. The Bertz CT molecular complexity index is 439. The third kappa shape index (κ3) is 4.53. The summed E-state index contributed by atoms with van der Waals surface area (Å²) in [6.45, 7) is 1.62. The van der Waals surface area contributed by atoms with Gasteiger partial charge >= 0.3 is 35.7 Å². The van der Waals surface area contributed by atoms with Gasteiger partial charge in [0.2, 0.25) is 0 Å². The Morgan fingerprint density at radius 1 is 1.29 bits per heavy atom. The van der Waals surface area contributed by atoms with Gasteiger partial charge in [-0.1, -0.05) is 24.3 Å². The molecule has 0 atom stereocenters. The Hall–Kier alpha value is -0.780. The predicted octanol–water partition coefficient (Wildman–Crippen LogP) is 0.0293. The molecule has 0 saturated carbocycles. The molecule has 0 bridgehead atoms. The summed E-state index contributed by atoms with van der Waals surface area (Å²) in [6.07, 6.45) is -4.78. The van der Waals surface area contributed by atoms with Crippen LogP contribution in [0.3, 0.4) is 0 Å². The van der Waals surface area contributed by atoms with Gasteiger partial charge in [-0.15, -0.1) is 0 Å². The summed E-state index contributed by atoms with van der Waals surface area (Å²) in [7, 11) is 0. The van der Waals surface area contributed by atoms with Crippen molar-refractivity contribution in [3.05, 3.63) is 41.5 Å². The van der Waals surface area contributed by atoms with Crippen molar-refractivity contribution < 1.29 is 52.6 Å². The fourth-order valence-electron chi connectivity index (χ4n) is 1.14. The minimum atomic E-state index is -4.96. The van der Waals surface area contributed by atoms with Crippen LogP contribution in [0.5, 0.6) is 0 Å². The van der Waals surface area contributed by atoms with E-state index in [0.29, 0.717) is 5.56 Å². The standard InChI is InChI=1S/C11H9F3O2.Na/c1-7-4-2-3-5-8(7)9(15)6-10(16)11(12,13)14;/h2-6,15H,1H3;/q;+1/b9-6-;. The number of halogens is 3. The minimum absolute atomic E-state index is 0. The van der Waals surface area contributed by atoms with Gasteiger partial charge in [0.25, 0.3) is 5.78 Å². The third-order valence-corrected chi connectivity index (χ3v) is 1.97. The van der Waals surface area contributed by atoms with Gasteiger partial charge in [0.05, 0.1) is 0 Å². The van der Waals surface area contributed by atoms with Gasteiger partial charge in [-0.2, -0.15) is 13.2 Å². The zero-order valence-corrected chi connectivity index (χ0v) is 11.4. The van der Waals surface area contributed by atoms with Crippen LogP contribution in [-0.4, -0.2) is 17.1 Å². The number of allylic oxidation sites excluding steroid dienone is 1. The third-order valence-electron chi connectivity index (χ3n) is 1.97. The summed E-state index contributed by atoms with van der Waals surface area (Å²) in [5.41, 5.74) is 0.798. The molecule has 0 unspecified atom stereocenters. The molecule has 0 radical (unpaired) electrons. The van der Waals surface area contributed by atoms with E-state index >= 15 is 0 Å². The van der Waals surface area contributed by atoms with Crippen LogP contribution in [0, 0.1) is 6.92 Å². The molecular weight excluding hydrogens is 244 g/mol. The average Bonchev–Trinajstić information content (AvgIpc) is 2.16. The molecule has 6 heteroatoms. The average molecular weight is 253 g/mol. The first-order chi connectivity index (χ1) is 7.32. The first kappa shape index (κ1) is 16.2. The smallest absolute Gasteiger partial charge is 0.507 e. The van der Waals surface area contributed by atoms with Gasteiger partial charge in [-0.25, -0.2) is 0 Å². The first-order valence-electron chi connectivity index (χ1n) is 4.40. The van der Waals surface area contributed by atoms with Crippen molar-refractivity contribution in [2.24, 2.45) is 0 Å². The Labute approximate surface area is 118 Å². The van der Waals surface area contributed by atoms with Crippen LogP contribution in [0.1, 0.15) is 11.1 Å². The van der Waals surface area contributed by atoms with E-state index in [2.05, 4.69) is 0 Å². The van der Waals surface area contributed by atoms with E-state index in [1.807, 2.05) is 0 Å². The number of ketones is 1. The van der Waals surface area contributed by atoms with E-state index in [0.717, 1.165) is 0 Å². The molecule has 2 nitrogen and oxygen atoms in total. The molecule has 1 aromatic rings. The molecule has 0 spiro atoms. The number of aryl methyl sites for hydroxylation is 1. The molecule has 17 heavy (non-hydrogen) atoms. The zero-order valence-electron chi connectivity index (χ0n) is 9.38. The summed E-state index contributed by atoms with van der Waals surface area (Å²) >= 11 is 0. The van der Waals surface area contributed by atoms with E-state index in [1.54, 1.807) is 25.1 Å². The van der Waals surface area contributed by atoms with E-state index < -0.39 is 17.7 Å². The SMILES string of the molecule is Cc1ccccc1/C(O)=C/C(=O)C(F)(F)F.[Na+]. The fourth-order valence-corrected chi connectivity index (χ4v) is 1.14. The molecule has 0 heterocycles. The van der Waals surface area contributed by atoms with Crippen LogP contribution in [0.25, 0.3) is 5.76 Å². The van der Waals surface area contributed by atoms with Crippen LogP contribution >= 0.6 is 0 Å².